The SMILES string of the molecule is CNC(C)C(C)c1nc(C2CCCC2)no1. The molecule has 1 saturated carbocycles. The first kappa shape index (κ1) is 11.6. The lowest BCUT2D eigenvalue weighted by molar-refractivity contribution is 0.331. The van der Waals surface area contributed by atoms with Crippen LogP contribution in [0, 0.1) is 0 Å². The Morgan fingerprint density at radius 3 is 2.62 bits per heavy atom. The van der Waals surface area contributed by atoms with E-state index in [0.717, 1.165) is 11.7 Å². The first-order valence-electron chi connectivity index (χ1n) is 6.23. The smallest absolute Gasteiger partial charge is 0.231 e. The summed E-state index contributed by atoms with van der Waals surface area (Å²) in [7, 11) is 1.95. The Kier molecular flexibility index (Phi) is 3.59. The number of aromatic nitrogens is 2. The minimum absolute atomic E-state index is 0.271. The van der Waals surface area contributed by atoms with Gasteiger partial charge in [0.05, 0.1) is 5.92 Å². The van der Waals surface area contributed by atoms with E-state index >= 15 is 0 Å². The molecule has 1 fully saturated rings. The monoisotopic (exact) mass is 223 g/mol. The second-order valence-corrected chi connectivity index (χ2v) is 4.84. The third-order valence-electron chi connectivity index (χ3n) is 3.77. The Morgan fingerprint density at radius 1 is 1.31 bits per heavy atom. The topological polar surface area (TPSA) is 51.0 Å². The van der Waals surface area contributed by atoms with Crippen molar-refractivity contribution in [2.45, 2.75) is 57.4 Å². The summed E-state index contributed by atoms with van der Waals surface area (Å²) in [6, 6.07) is 0.358. The maximum Gasteiger partial charge on any atom is 0.231 e. The standard InChI is InChI=1S/C12H21N3O/c1-8(9(2)13-3)12-14-11(15-16-12)10-6-4-5-7-10/h8-10,13H,4-7H2,1-3H3. The lowest BCUT2D eigenvalue weighted by atomic mass is 10.0. The summed E-state index contributed by atoms with van der Waals surface area (Å²) < 4.78 is 5.36. The maximum atomic E-state index is 5.36. The van der Waals surface area contributed by atoms with Crippen molar-refractivity contribution in [2.24, 2.45) is 0 Å². The van der Waals surface area contributed by atoms with Gasteiger partial charge in [-0.05, 0) is 26.8 Å². The van der Waals surface area contributed by atoms with Crippen LogP contribution in [0.15, 0.2) is 4.52 Å². The summed E-state index contributed by atoms with van der Waals surface area (Å²) >= 11 is 0. The van der Waals surface area contributed by atoms with Gasteiger partial charge in [-0.25, -0.2) is 0 Å². The Morgan fingerprint density at radius 2 is 2.00 bits per heavy atom. The van der Waals surface area contributed by atoms with Gasteiger partial charge in [0.2, 0.25) is 5.89 Å². The Bertz CT molecular complexity index is 331. The van der Waals surface area contributed by atoms with Crippen LogP contribution in [0.1, 0.15) is 63.1 Å². The molecule has 0 spiro atoms. The van der Waals surface area contributed by atoms with Gasteiger partial charge in [0.25, 0.3) is 0 Å². The Balaban J connectivity index is 2.06. The molecular weight excluding hydrogens is 202 g/mol. The molecule has 1 aliphatic rings. The van der Waals surface area contributed by atoms with E-state index in [1.165, 1.54) is 25.7 Å². The minimum Gasteiger partial charge on any atom is -0.339 e. The van der Waals surface area contributed by atoms with E-state index in [-0.39, 0.29) is 5.92 Å². The highest BCUT2D eigenvalue weighted by Gasteiger charge is 2.25. The molecule has 16 heavy (non-hydrogen) atoms. The van der Waals surface area contributed by atoms with Gasteiger partial charge >= 0.3 is 0 Å². The van der Waals surface area contributed by atoms with E-state index in [4.69, 9.17) is 4.52 Å². The second kappa shape index (κ2) is 4.95. The van der Waals surface area contributed by atoms with Crippen LogP contribution in [0.4, 0.5) is 0 Å². The van der Waals surface area contributed by atoms with Crippen molar-refractivity contribution in [1.82, 2.24) is 15.5 Å². The summed E-state index contributed by atoms with van der Waals surface area (Å²) in [6.07, 6.45) is 5.04. The zero-order chi connectivity index (χ0) is 11.5. The molecule has 0 amide bonds. The van der Waals surface area contributed by atoms with Gasteiger partial charge in [-0.15, -0.1) is 0 Å². The number of likely N-dealkylation sites (N-methyl/N-ethyl adjacent to an activating group) is 1. The van der Waals surface area contributed by atoms with Gasteiger partial charge in [-0.3, -0.25) is 0 Å². The molecule has 0 radical (unpaired) electrons. The molecule has 0 aromatic carbocycles. The van der Waals surface area contributed by atoms with Crippen molar-refractivity contribution in [1.29, 1.82) is 0 Å². The maximum absolute atomic E-state index is 5.36. The van der Waals surface area contributed by atoms with E-state index < -0.39 is 0 Å². The van der Waals surface area contributed by atoms with Crippen molar-refractivity contribution in [3.8, 4) is 0 Å². The number of rotatable bonds is 4. The summed E-state index contributed by atoms with van der Waals surface area (Å²) in [5.74, 6) is 2.49. The van der Waals surface area contributed by atoms with E-state index in [0.29, 0.717) is 12.0 Å². The highest BCUT2D eigenvalue weighted by atomic mass is 16.5. The van der Waals surface area contributed by atoms with Gasteiger partial charge < -0.3 is 9.84 Å². The minimum atomic E-state index is 0.271. The molecule has 0 aliphatic heterocycles. The first-order chi connectivity index (χ1) is 7.72. The van der Waals surface area contributed by atoms with Gasteiger partial charge in [0.15, 0.2) is 5.82 Å². The first-order valence-corrected chi connectivity index (χ1v) is 6.23. The van der Waals surface area contributed by atoms with Gasteiger partial charge in [0.1, 0.15) is 0 Å². The molecule has 2 atom stereocenters. The zero-order valence-electron chi connectivity index (χ0n) is 10.4. The van der Waals surface area contributed by atoms with Gasteiger partial charge in [0, 0.05) is 12.0 Å². The van der Waals surface area contributed by atoms with E-state index in [1.807, 2.05) is 7.05 Å². The third-order valence-corrected chi connectivity index (χ3v) is 3.77. The summed E-state index contributed by atoms with van der Waals surface area (Å²) in [6.45, 7) is 4.25. The molecule has 1 aromatic heterocycles. The van der Waals surface area contributed by atoms with Crippen LogP contribution in [0.2, 0.25) is 0 Å². The summed E-state index contributed by atoms with van der Waals surface area (Å²) in [5.41, 5.74) is 0. The Hall–Kier alpha value is -0.900. The second-order valence-electron chi connectivity index (χ2n) is 4.84. The molecule has 90 valence electrons. The fourth-order valence-electron chi connectivity index (χ4n) is 2.25. The van der Waals surface area contributed by atoms with Crippen molar-refractivity contribution in [2.75, 3.05) is 7.05 Å². The molecule has 0 saturated heterocycles. The van der Waals surface area contributed by atoms with Crippen LogP contribution in [-0.4, -0.2) is 23.2 Å². The molecule has 4 nitrogen and oxygen atoms in total. The molecule has 1 aliphatic carbocycles. The highest BCUT2D eigenvalue weighted by molar-refractivity contribution is 5.01. The zero-order valence-corrected chi connectivity index (χ0v) is 10.4. The number of nitrogens with one attached hydrogen (secondary N) is 1. The van der Waals surface area contributed by atoms with Gasteiger partial charge in [-0.1, -0.05) is 24.9 Å². The molecule has 0 bridgehead atoms. The van der Waals surface area contributed by atoms with Crippen molar-refractivity contribution in [3.05, 3.63) is 11.7 Å². The predicted molar refractivity (Wildman–Crippen MR) is 62.4 cm³/mol. The molecule has 1 aromatic rings. The number of nitrogens with zero attached hydrogens (tertiary/aromatic N) is 2. The van der Waals surface area contributed by atoms with Crippen LogP contribution in [0.25, 0.3) is 0 Å². The average molecular weight is 223 g/mol. The fraction of sp³-hybridized carbons (Fsp3) is 0.833. The van der Waals surface area contributed by atoms with Crippen LogP contribution in [0.3, 0.4) is 0 Å². The van der Waals surface area contributed by atoms with Crippen molar-refractivity contribution in [3.63, 3.8) is 0 Å². The van der Waals surface area contributed by atoms with Crippen LogP contribution in [0.5, 0.6) is 0 Å². The van der Waals surface area contributed by atoms with Gasteiger partial charge in [-0.2, -0.15) is 4.98 Å². The normalized spacial score (nSPS) is 21.2. The van der Waals surface area contributed by atoms with E-state index in [2.05, 4.69) is 29.3 Å². The fourth-order valence-corrected chi connectivity index (χ4v) is 2.25. The van der Waals surface area contributed by atoms with Crippen LogP contribution in [-0.2, 0) is 0 Å². The van der Waals surface area contributed by atoms with Crippen molar-refractivity contribution >= 4 is 0 Å². The Labute approximate surface area is 96.8 Å². The quantitative estimate of drug-likeness (QED) is 0.851. The van der Waals surface area contributed by atoms with E-state index in [9.17, 15) is 0 Å². The van der Waals surface area contributed by atoms with Crippen molar-refractivity contribution < 1.29 is 4.52 Å². The van der Waals surface area contributed by atoms with E-state index in [1.54, 1.807) is 0 Å². The lowest BCUT2D eigenvalue weighted by Gasteiger charge is -2.14. The third kappa shape index (κ3) is 2.26. The molecule has 4 heteroatoms. The lowest BCUT2D eigenvalue weighted by Crippen LogP contribution is -2.27. The number of hydrogen-bond donors (Lipinski definition) is 1. The van der Waals surface area contributed by atoms with Crippen LogP contribution < -0.4 is 5.32 Å². The highest BCUT2D eigenvalue weighted by Crippen LogP contribution is 2.33. The molecular formula is C12H21N3O. The molecule has 2 rings (SSSR count). The molecule has 2 unspecified atom stereocenters. The largest absolute Gasteiger partial charge is 0.339 e. The summed E-state index contributed by atoms with van der Waals surface area (Å²) in [5, 5.41) is 7.34. The number of hydrogen-bond acceptors (Lipinski definition) is 4. The molecule has 1 N–H and O–H groups in total. The molecule has 1 heterocycles. The average Bonchev–Trinajstić information content (AvgIpc) is 2.96. The predicted octanol–water partition coefficient (Wildman–Crippen LogP) is 2.44. The van der Waals surface area contributed by atoms with Crippen LogP contribution >= 0.6 is 0 Å². The summed E-state index contributed by atoms with van der Waals surface area (Å²) in [4.78, 5) is 4.54.